The molecule has 1 saturated heterocycles. The summed E-state index contributed by atoms with van der Waals surface area (Å²) in [6, 6.07) is 20.6. The Hall–Kier alpha value is -2.87. The number of benzene rings is 3. The van der Waals surface area contributed by atoms with Gasteiger partial charge in [-0.3, -0.25) is 4.55 Å². The zero-order valence-electron chi connectivity index (χ0n) is 28.8. The normalized spacial score (nSPS) is 17.8. The number of esters is 1. The fourth-order valence-electron chi connectivity index (χ4n) is 5.14. The summed E-state index contributed by atoms with van der Waals surface area (Å²) >= 11 is 0. The lowest BCUT2D eigenvalue weighted by molar-refractivity contribution is -0.298. The lowest BCUT2D eigenvalue weighted by Crippen LogP contribution is -2.43. The van der Waals surface area contributed by atoms with E-state index in [-0.39, 0.29) is 16.6 Å². The summed E-state index contributed by atoms with van der Waals surface area (Å²) in [6.07, 6.45) is -2.28. The number of ether oxygens (including phenoxy) is 4. The van der Waals surface area contributed by atoms with Crippen LogP contribution in [0.3, 0.4) is 0 Å². The minimum atomic E-state index is -5.73. The summed E-state index contributed by atoms with van der Waals surface area (Å²) in [7, 11) is -6.30. The molecule has 8 nitrogen and oxygen atoms in total. The average Bonchev–Trinajstić information content (AvgIpc) is 2.99. The topological polar surface area (TPSA) is 108 Å². The molecule has 2 atom stereocenters. The molecule has 48 heavy (non-hydrogen) atoms. The van der Waals surface area contributed by atoms with Crippen molar-refractivity contribution in [1.29, 1.82) is 0 Å². The second kappa shape index (κ2) is 13.8. The van der Waals surface area contributed by atoms with Crippen LogP contribution in [0.25, 0.3) is 0 Å². The molecule has 0 radical (unpaired) electrons. The Morgan fingerprint density at radius 3 is 1.85 bits per heavy atom. The van der Waals surface area contributed by atoms with E-state index in [0.29, 0.717) is 24.3 Å². The average molecular weight is 708 g/mol. The van der Waals surface area contributed by atoms with E-state index in [1.165, 1.54) is 5.56 Å². The Morgan fingerprint density at radius 1 is 0.917 bits per heavy atom. The van der Waals surface area contributed by atoms with Crippen molar-refractivity contribution in [2.75, 3.05) is 19.8 Å². The summed E-state index contributed by atoms with van der Waals surface area (Å²) in [5.41, 5.74) is 3.29. The SMILES string of the molecule is Cc1cc([S+](c2ccc(C(C)(C)C)cc2)c2ccc(C3(C)OCC(C)(C)CO3)cc2)cc(C)c1OC(=O)COC(C)C(F)(F)S(=O)(=O)O. The van der Waals surface area contributed by atoms with Crippen molar-refractivity contribution >= 4 is 27.0 Å². The molecule has 2 unspecified atom stereocenters. The van der Waals surface area contributed by atoms with Crippen molar-refractivity contribution < 1.29 is 45.5 Å². The highest BCUT2D eigenvalue weighted by atomic mass is 32.2. The first-order valence-corrected chi connectivity index (χ1v) is 18.2. The summed E-state index contributed by atoms with van der Waals surface area (Å²) in [4.78, 5) is 15.7. The fraction of sp³-hybridized carbons (Fsp3) is 0.472. The van der Waals surface area contributed by atoms with Crippen molar-refractivity contribution in [3.63, 3.8) is 0 Å². The predicted molar refractivity (Wildman–Crippen MR) is 180 cm³/mol. The molecule has 1 aliphatic heterocycles. The molecule has 0 spiro atoms. The fourth-order valence-corrected chi connectivity index (χ4v) is 7.85. The molecule has 1 N–H and O–H groups in total. The predicted octanol–water partition coefficient (Wildman–Crippen LogP) is 7.73. The molecule has 0 aromatic heterocycles. The van der Waals surface area contributed by atoms with E-state index in [1.807, 2.05) is 31.2 Å². The highest BCUT2D eigenvalue weighted by Crippen LogP contribution is 2.40. The molecule has 4 rings (SSSR count). The summed E-state index contributed by atoms with van der Waals surface area (Å²) in [5, 5.41) is -4.59. The van der Waals surface area contributed by atoms with Gasteiger partial charge in [0.2, 0.25) is 0 Å². The van der Waals surface area contributed by atoms with Crippen LogP contribution in [0, 0.1) is 19.3 Å². The highest BCUT2D eigenvalue weighted by Gasteiger charge is 2.50. The van der Waals surface area contributed by atoms with Crippen LogP contribution in [0.4, 0.5) is 8.78 Å². The number of hydrogen-bond acceptors (Lipinski definition) is 7. The number of halogens is 2. The van der Waals surface area contributed by atoms with Gasteiger partial charge < -0.3 is 18.9 Å². The molecule has 0 aliphatic carbocycles. The van der Waals surface area contributed by atoms with E-state index < -0.39 is 50.7 Å². The minimum absolute atomic E-state index is 0.0226. The Balaban J connectivity index is 1.64. The van der Waals surface area contributed by atoms with Crippen LogP contribution in [0.5, 0.6) is 5.75 Å². The number of carbonyl (C=O) groups excluding carboxylic acids is 1. The van der Waals surface area contributed by atoms with Crippen LogP contribution < -0.4 is 4.74 Å². The third-order valence-electron chi connectivity index (χ3n) is 8.20. The second-order valence-corrected chi connectivity index (χ2v) is 17.7. The van der Waals surface area contributed by atoms with E-state index in [4.69, 9.17) is 23.5 Å². The Morgan fingerprint density at radius 2 is 1.40 bits per heavy atom. The van der Waals surface area contributed by atoms with E-state index in [2.05, 4.69) is 71.0 Å². The van der Waals surface area contributed by atoms with Crippen LogP contribution >= 0.6 is 0 Å². The standard InChI is InChI=1S/C36H44F2O8S2/c1-23-18-30(19-24(2)32(23)46-31(39)20-43-25(3)36(37,38)48(40,41)42)47(28-14-10-26(11-15-28)33(4,5)6)29-16-12-27(13-17-29)35(9)44-21-34(7,8)22-45-35/h10-19,25H,20-22H2,1-9H3/p+1. The van der Waals surface area contributed by atoms with Crippen molar-refractivity contribution in [3.05, 3.63) is 82.9 Å². The Bertz CT molecular complexity index is 1700. The number of rotatable bonds is 10. The van der Waals surface area contributed by atoms with Crippen molar-refractivity contribution in [2.24, 2.45) is 5.41 Å². The lowest BCUT2D eigenvalue weighted by atomic mass is 9.87. The molecule has 0 saturated carbocycles. The van der Waals surface area contributed by atoms with Crippen molar-refractivity contribution in [3.8, 4) is 5.75 Å². The molecule has 1 aliphatic rings. The minimum Gasteiger partial charge on any atom is -0.424 e. The third-order valence-corrected chi connectivity index (χ3v) is 11.4. The maximum atomic E-state index is 13.8. The van der Waals surface area contributed by atoms with Gasteiger partial charge in [-0.05, 0) is 86.2 Å². The van der Waals surface area contributed by atoms with Gasteiger partial charge in [0.05, 0.1) is 24.1 Å². The molecule has 12 heteroatoms. The Kier molecular flexibility index (Phi) is 10.9. The molecule has 0 bridgehead atoms. The molecular weight excluding hydrogens is 663 g/mol. The molecular formula is C36H45F2O8S2+. The third kappa shape index (κ3) is 8.46. The Labute approximate surface area is 285 Å². The first-order valence-electron chi connectivity index (χ1n) is 15.6. The molecule has 3 aromatic rings. The molecule has 3 aromatic carbocycles. The molecule has 262 valence electrons. The van der Waals surface area contributed by atoms with Gasteiger partial charge in [0.15, 0.2) is 20.5 Å². The van der Waals surface area contributed by atoms with E-state index in [1.54, 1.807) is 13.8 Å². The summed E-state index contributed by atoms with van der Waals surface area (Å²) < 4.78 is 81.1. The first kappa shape index (κ1) is 37.9. The van der Waals surface area contributed by atoms with Gasteiger partial charge in [0.25, 0.3) is 0 Å². The van der Waals surface area contributed by atoms with Gasteiger partial charge in [0, 0.05) is 23.1 Å². The van der Waals surface area contributed by atoms with Gasteiger partial charge in [-0.25, -0.2) is 4.79 Å². The molecule has 1 heterocycles. The van der Waals surface area contributed by atoms with Crippen LogP contribution in [0.2, 0.25) is 0 Å². The molecule has 1 fully saturated rings. The van der Waals surface area contributed by atoms with Crippen molar-refractivity contribution in [1.82, 2.24) is 0 Å². The first-order chi connectivity index (χ1) is 22.0. The maximum Gasteiger partial charge on any atom is 0.394 e. The van der Waals surface area contributed by atoms with Gasteiger partial charge >= 0.3 is 21.3 Å². The van der Waals surface area contributed by atoms with Crippen LogP contribution in [0.1, 0.15) is 70.7 Å². The summed E-state index contributed by atoms with van der Waals surface area (Å²) in [5.74, 6) is -1.61. The smallest absolute Gasteiger partial charge is 0.394 e. The number of carbonyl (C=O) groups is 1. The van der Waals surface area contributed by atoms with Crippen molar-refractivity contribution in [2.45, 2.75) is 99.6 Å². The van der Waals surface area contributed by atoms with Crippen LogP contribution in [-0.2, 0) is 51.2 Å². The van der Waals surface area contributed by atoms with E-state index in [9.17, 15) is 22.0 Å². The monoisotopic (exact) mass is 707 g/mol. The second-order valence-electron chi connectivity index (χ2n) is 14.1. The van der Waals surface area contributed by atoms with Crippen LogP contribution in [-0.4, -0.2) is 50.1 Å². The zero-order chi connectivity index (χ0) is 35.9. The van der Waals surface area contributed by atoms with Gasteiger partial charge in [-0.2, -0.15) is 17.2 Å². The zero-order valence-corrected chi connectivity index (χ0v) is 30.5. The summed E-state index contributed by atoms with van der Waals surface area (Å²) in [6.45, 7) is 17.1. The van der Waals surface area contributed by atoms with Gasteiger partial charge in [-0.1, -0.05) is 46.8 Å². The van der Waals surface area contributed by atoms with E-state index >= 15 is 0 Å². The molecule has 0 amide bonds. The number of hydrogen-bond donors (Lipinski definition) is 1. The van der Waals surface area contributed by atoms with Gasteiger partial charge in [-0.15, -0.1) is 0 Å². The lowest BCUT2D eigenvalue weighted by Gasteiger charge is -2.41. The van der Waals surface area contributed by atoms with E-state index in [0.717, 1.165) is 27.2 Å². The van der Waals surface area contributed by atoms with Gasteiger partial charge in [0.1, 0.15) is 18.5 Å². The van der Waals surface area contributed by atoms with Crippen LogP contribution in [0.15, 0.2) is 75.4 Å². The largest absolute Gasteiger partial charge is 0.424 e. The number of aryl methyl sites for hydroxylation is 2. The highest BCUT2D eigenvalue weighted by molar-refractivity contribution is 7.97. The quantitative estimate of drug-likeness (QED) is 0.0988. The maximum absolute atomic E-state index is 13.8. The number of alkyl halides is 2.